The third-order valence-corrected chi connectivity index (χ3v) is 4.38. The predicted octanol–water partition coefficient (Wildman–Crippen LogP) is 4.86. The van der Waals surface area contributed by atoms with Crippen LogP contribution in [-0.2, 0) is 4.75 Å². The van der Waals surface area contributed by atoms with Crippen molar-refractivity contribution >= 4 is 27.7 Å². The fourth-order valence-electron chi connectivity index (χ4n) is 1.70. The first-order valence-corrected chi connectivity index (χ1v) is 6.28. The Hall–Kier alpha value is -0.420. The Labute approximate surface area is 104 Å². The number of allylic oxidation sites excluding steroid dienone is 1. The van der Waals surface area contributed by atoms with Gasteiger partial charge in [0.05, 0.1) is 0 Å². The molecule has 0 aliphatic carbocycles. The van der Waals surface area contributed by atoms with Crippen LogP contribution in [0.15, 0.2) is 40.2 Å². The maximum Gasteiger partial charge on any atom is 0.407 e. The topological polar surface area (TPSA) is 0 Å². The van der Waals surface area contributed by atoms with Gasteiger partial charge in [0.1, 0.15) is 4.75 Å². The lowest BCUT2D eigenvalue weighted by atomic mass is 9.94. The van der Waals surface area contributed by atoms with Crippen LogP contribution in [-0.4, -0.2) is 6.18 Å². The molecule has 1 aromatic rings. The van der Waals surface area contributed by atoms with E-state index >= 15 is 0 Å². The average Bonchev–Trinajstić information content (AvgIpc) is 2.66. The zero-order chi connectivity index (χ0) is 11.8. The highest BCUT2D eigenvalue weighted by molar-refractivity contribution is 9.10. The monoisotopic (exact) mass is 308 g/mol. The number of hydrogen-bond acceptors (Lipinski definition) is 1. The molecule has 0 fully saturated rings. The summed E-state index contributed by atoms with van der Waals surface area (Å²) in [5, 5.41) is 1.52. The zero-order valence-corrected chi connectivity index (χ0v) is 10.5. The molecule has 0 spiro atoms. The van der Waals surface area contributed by atoms with Gasteiger partial charge in [-0.3, -0.25) is 0 Å². The lowest BCUT2D eigenvalue weighted by Gasteiger charge is -2.31. The minimum absolute atomic E-state index is 0.00236. The predicted molar refractivity (Wildman–Crippen MR) is 63.2 cm³/mol. The van der Waals surface area contributed by atoms with Gasteiger partial charge in [-0.1, -0.05) is 34.1 Å². The molecule has 1 atom stereocenters. The van der Waals surface area contributed by atoms with Crippen molar-refractivity contribution < 1.29 is 13.2 Å². The van der Waals surface area contributed by atoms with Crippen molar-refractivity contribution in [1.29, 1.82) is 0 Å². The Morgan fingerprint density at radius 2 is 2.06 bits per heavy atom. The van der Waals surface area contributed by atoms with Gasteiger partial charge in [-0.15, -0.1) is 11.8 Å². The SMILES string of the molecule is FC(F)(F)C1(c2cccc(Br)c2)CC=CS1. The largest absolute Gasteiger partial charge is 0.407 e. The normalized spacial score (nSPS) is 25.0. The van der Waals surface area contributed by atoms with E-state index in [2.05, 4.69) is 15.9 Å². The summed E-state index contributed by atoms with van der Waals surface area (Å²) in [4.78, 5) is 0. The summed E-state index contributed by atoms with van der Waals surface area (Å²) in [6.07, 6.45) is -2.68. The number of alkyl halides is 3. The molecule has 0 saturated heterocycles. The lowest BCUT2D eigenvalue weighted by molar-refractivity contribution is -0.160. The van der Waals surface area contributed by atoms with Crippen LogP contribution in [0.25, 0.3) is 0 Å². The standard InChI is InChI=1S/C11H8BrF3S/c12-9-4-1-3-8(7-9)10(11(13,14)15)5-2-6-16-10/h1-4,6-7H,5H2. The van der Waals surface area contributed by atoms with E-state index in [0.717, 1.165) is 11.8 Å². The molecule has 86 valence electrons. The molecular formula is C11H8BrF3S. The van der Waals surface area contributed by atoms with Gasteiger partial charge < -0.3 is 0 Å². The second-order valence-corrected chi connectivity index (χ2v) is 5.65. The molecule has 1 heterocycles. The smallest absolute Gasteiger partial charge is 0.169 e. The van der Waals surface area contributed by atoms with Crippen molar-refractivity contribution in [2.75, 3.05) is 0 Å². The molecule has 16 heavy (non-hydrogen) atoms. The fourth-order valence-corrected chi connectivity index (χ4v) is 3.11. The molecule has 2 rings (SSSR count). The number of thioether (sulfide) groups is 1. The third kappa shape index (κ3) is 1.91. The second kappa shape index (κ2) is 4.11. The number of halogens is 4. The first-order chi connectivity index (χ1) is 7.46. The van der Waals surface area contributed by atoms with Gasteiger partial charge in [-0.05, 0) is 29.5 Å². The lowest BCUT2D eigenvalue weighted by Crippen LogP contribution is -2.37. The molecule has 5 heteroatoms. The molecule has 1 aliphatic rings. The van der Waals surface area contributed by atoms with Crippen LogP contribution in [0.5, 0.6) is 0 Å². The summed E-state index contributed by atoms with van der Waals surface area (Å²) < 4.78 is 38.3. The van der Waals surface area contributed by atoms with Crippen LogP contribution in [0.2, 0.25) is 0 Å². The van der Waals surface area contributed by atoms with Gasteiger partial charge in [-0.25, -0.2) is 0 Å². The van der Waals surface area contributed by atoms with Gasteiger partial charge >= 0.3 is 6.18 Å². The van der Waals surface area contributed by atoms with E-state index in [0.29, 0.717) is 10.0 Å². The highest BCUT2D eigenvalue weighted by Gasteiger charge is 2.56. The van der Waals surface area contributed by atoms with Gasteiger partial charge in [0.25, 0.3) is 0 Å². The summed E-state index contributed by atoms with van der Waals surface area (Å²) in [7, 11) is 0. The van der Waals surface area contributed by atoms with Crippen LogP contribution < -0.4 is 0 Å². The van der Waals surface area contributed by atoms with E-state index in [1.165, 1.54) is 17.5 Å². The maximum atomic E-state index is 13.2. The Bertz CT molecular complexity index is 417. The molecule has 1 aliphatic heterocycles. The molecule has 0 nitrogen and oxygen atoms in total. The number of benzene rings is 1. The van der Waals surface area contributed by atoms with Gasteiger partial charge in [0, 0.05) is 4.47 Å². The summed E-state index contributed by atoms with van der Waals surface area (Å²) in [6, 6.07) is 6.41. The quantitative estimate of drug-likeness (QED) is 0.714. The van der Waals surface area contributed by atoms with Gasteiger partial charge in [0.15, 0.2) is 0 Å². The second-order valence-electron chi connectivity index (χ2n) is 3.53. The van der Waals surface area contributed by atoms with E-state index in [9.17, 15) is 13.2 Å². The first-order valence-electron chi connectivity index (χ1n) is 4.61. The molecule has 0 N–H and O–H groups in total. The van der Waals surface area contributed by atoms with E-state index in [1.807, 2.05) is 0 Å². The molecule has 0 amide bonds. The Morgan fingerprint density at radius 1 is 1.31 bits per heavy atom. The summed E-state index contributed by atoms with van der Waals surface area (Å²) >= 11 is 4.04. The molecule has 1 aromatic carbocycles. The molecule has 0 saturated carbocycles. The van der Waals surface area contributed by atoms with Crippen molar-refractivity contribution in [2.45, 2.75) is 17.3 Å². The zero-order valence-electron chi connectivity index (χ0n) is 8.09. The van der Waals surface area contributed by atoms with Crippen LogP contribution in [0.3, 0.4) is 0 Å². The summed E-state index contributed by atoms with van der Waals surface area (Å²) in [5.74, 6) is 0. The molecule has 0 aromatic heterocycles. The Kier molecular flexibility index (Phi) is 3.09. The highest BCUT2D eigenvalue weighted by Crippen LogP contribution is 2.55. The maximum absolute atomic E-state index is 13.2. The van der Waals surface area contributed by atoms with Crippen molar-refractivity contribution in [1.82, 2.24) is 0 Å². The van der Waals surface area contributed by atoms with Gasteiger partial charge in [-0.2, -0.15) is 13.2 Å². The van der Waals surface area contributed by atoms with Gasteiger partial charge in [0.2, 0.25) is 0 Å². The van der Waals surface area contributed by atoms with Crippen molar-refractivity contribution in [2.24, 2.45) is 0 Å². The van der Waals surface area contributed by atoms with Crippen molar-refractivity contribution in [3.05, 3.63) is 45.8 Å². The Morgan fingerprint density at radius 3 is 2.56 bits per heavy atom. The van der Waals surface area contributed by atoms with E-state index in [1.54, 1.807) is 18.2 Å². The highest BCUT2D eigenvalue weighted by atomic mass is 79.9. The van der Waals surface area contributed by atoms with Crippen LogP contribution in [0, 0.1) is 0 Å². The molecule has 0 bridgehead atoms. The van der Waals surface area contributed by atoms with E-state index in [-0.39, 0.29) is 6.42 Å². The van der Waals surface area contributed by atoms with Crippen LogP contribution in [0.4, 0.5) is 13.2 Å². The number of rotatable bonds is 1. The van der Waals surface area contributed by atoms with E-state index < -0.39 is 10.9 Å². The first kappa shape index (κ1) is 12.0. The fraction of sp³-hybridized carbons (Fsp3) is 0.273. The van der Waals surface area contributed by atoms with Crippen molar-refractivity contribution in [3.8, 4) is 0 Å². The van der Waals surface area contributed by atoms with E-state index in [4.69, 9.17) is 0 Å². The minimum atomic E-state index is -4.25. The molecule has 0 radical (unpaired) electrons. The van der Waals surface area contributed by atoms with Crippen molar-refractivity contribution in [3.63, 3.8) is 0 Å². The average molecular weight is 309 g/mol. The minimum Gasteiger partial charge on any atom is -0.169 e. The molecule has 1 unspecified atom stereocenters. The number of hydrogen-bond donors (Lipinski definition) is 0. The summed E-state index contributed by atoms with van der Waals surface area (Å²) in [5.41, 5.74) is 0.296. The third-order valence-electron chi connectivity index (χ3n) is 2.52. The Balaban J connectivity index is 2.49. The summed E-state index contributed by atoms with van der Waals surface area (Å²) in [6.45, 7) is 0. The van der Waals surface area contributed by atoms with Crippen LogP contribution >= 0.6 is 27.7 Å². The van der Waals surface area contributed by atoms with Crippen LogP contribution in [0.1, 0.15) is 12.0 Å². The molecular weight excluding hydrogens is 301 g/mol.